The maximum absolute atomic E-state index is 6.31. The molecule has 0 aliphatic carbocycles. The SMILES string of the molecule is c1cc(-c2cc3ccccc3o2)cc(-c2ccc(N(c3ccc(-c4ccc5c(ccc6ccccc65)c4)cc3)c3cc4ccccc4c4ccccc34)c3ccccc23)c1. The first kappa shape index (κ1) is 34.1. The molecule has 2 nitrogen and oxygen atoms in total. The van der Waals surface area contributed by atoms with Crippen LogP contribution in [0.4, 0.5) is 17.1 Å². The van der Waals surface area contributed by atoms with Crippen molar-refractivity contribution in [3.8, 4) is 33.6 Å². The van der Waals surface area contributed by atoms with Crippen molar-refractivity contribution in [1.82, 2.24) is 0 Å². The van der Waals surface area contributed by atoms with Gasteiger partial charge in [0.1, 0.15) is 11.3 Å². The number of benzene rings is 11. The maximum atomic E-state index is 6.31. The summed E-state index contributed by atoms with van der Waals surface area (Å²) in [4.78, 5) is 2.46. The number of rotatable bonds is 6. The molecule has 0 saturated heterocycles. The molecule has 11 aromatic carbocycles. The zero-order valence-corrected chi connectivity index (χ0v) is 32.7. The van der Waals surface area contributed by atoms with Crippen LogP contribution in [0.2, 0.25) is 0 Å². The van der Waals surface area contributed by atoms with E-state index < -0.39 is 0 Å². The lowest BCUT2D eigenvalue weighted by molar-refractivity contribution is 0.631. The fourth-order valence-corrected chi connectivity index (χ4v) is 9.32. The van der Waals surface area contributed by atoms with Crippen LogP contribution in [0.3, 0.4) is 0 Å². The summed E-state index contributed by atoms with van der Waals surface area (Å²) in [6, 6.07) is 81.4. The molecule has 0 aliphatic rings. The third kappa shape index (κ3) is 5.65. The van der Waals surface area contributed by atoms with E-state index in [1.807, 2.05) is 12.1 Å². The average molecular weight is 764 g/mol. The standard InChI is InChI=1S/C58H37NO/c1-4-17-47-39(12-1)24-25-43-34-40(28-31-49(43)47)38-26-29-46(30-27-38)59(56-36-42-13-2-5-18-48(42)51-19-7-9-22-54(51)56)55-33-32-50(52-20-6-8-21-53(52)55)41-15-11-16-44(35-41)58-37-45-14-3-10-23-57(45)60-58/h1-37H. The summed E-state index contributed by atoms with van der Waals surface area (Å²) in [7, 11) is 0. The Balaban J connectivity index is 1.03. The second-order valence-electron chi connectivity index (χ2n) is 15.7. The van der Waals surface area contributed by atoms with Gasteiger partial charge in [-0.1, -0.05) is 176 Å². The molecule has 0 spiro atoms. The highest BCUT2D eigenvalue weighted by molar-refractivity contribution is 6.16. The molecular formula is C58H37NO. The molecule has 12 rings (SSSR count). The lowest BCUT2D eigenvalue weighted by Crippen LogP contribution is -2.11. The average Bonchev–Trinajstić information content (AvgIpc) is 3.77. The fraction of sp³-hybridized carbons (Fsp3) is 0. The topological polar surface area (TPSA) is 16.4 Å². The van der Waals surface area contributed by atoms with Gasteiger partial charge in [-0.25, -0.2) is 0 Å². The van der Waals surface area contributed by atoms with Crippen molar-refractivity contribution in [3.63, 3.8) is 0 Å². The summed E-state index contributed by atoms with van der Waals surface area (Å²) in [5, 5.41) is 13.4. The van der Waals surface area contributed by atoms with E-state index in [-0.39, 0.29) is 0 Å². The van der Waals surface area contributed by atoms with Gasteiger partial charge in [0, 0.05) is 27.4 Å². The third-order valence-corrected chi connectivity index (χ3v) is 12.2. The minimum atomic E-state index is 0.869. The smallest absolute Gasteiger partial charge is 0.135 e. The Kier molecular flexibility index (Phi) is 7.89. The molecule has 0 amide bonds. The molecule has 0 N–H and O–H groups in total. The van der Waals surface area contributed by atoms with Gasteiger partial charge in [-0.15, -0.1) is 0 Å². The predicted octanol–water partition coefficient (Wildman–Crippen LogP) is 16.7. The van der Waals surface area contributed by atoms with E-state index in [0.29, 0.717) is 0 Å². The van der Waals surface area contributed by atoms with Crippen LogP contribution in [-0.2, 0) is 0 Å². The first-order chi connectivity index (χ1) is 29.7. The fourth-order valence-electron chi connectivity index (χ4n) is 9.32. The summed E-state index contributed by atoms with van der Waals surface area (Å²) >= 11 is 0. The van der Waals surface area contributed by atoms with E-state index >= 15 is 0 Å². The van der Waals surface area contributed by atoms with E-state index in [2.05, 4.69) is 217 Å². The molecule has 0 radical (unpaired) electrons. The zero-order valence-electron chi connectivity index (χ0n) is 32.7. The molecule has 0 bridgehead atoms. The highest BCUT2D eigenvalue weighted by Gasteiger charge is 2.21. The zero-order chi connectivity index (χ0) is 39.6. The molecule has 60 heavy (non-hydrogen) atoms. The van der Waals surface area contributed by atoms with Gasteiger partial charge in [-0.05, 0) is 114 Å². The predicted molar refractivity (Wildman–Crippen MR) is 255 cm³/mol. The van der Waals surface area contributed by atoms with Crippen LogP contribution in [-0.4, -0.2) is 0 Å². The molecule has 0 aliphatic heterocycles. The molecule has 12 aromatic rings. The van der Waals surface area contributed by atoms with Crippen molar-refractivity contribution in [2.24, 2.45) is 0 Å². The van der Waals surface area contributed by atoms with Crippen LogP contribution in [0.1, 0.15) is 0 Å². The number of para-hydroxylation sites is 1. The summed E-state index contributed by atoms with van der Waals surface area (Å²) in [5.41, 5.74) is 10.0. The van der Waals surface area contributed by atoms with Crippen molar-refractivity contribution < 1.29 is 4.42 Å². The van der Waals surface area contributed by atoms with Crippen molar-refractivity contribution in [1.29, 1.82) is 0 Å². The molecule has 2 heteroatoms. The Morgan fingerprint density at radius 3 is 1.67 bits per heavy atom. The quantitative estimate of drug-likeness (QED) is 0.157. The maximum Gasteiger partial charge on any atom is 0.135 e. The highest BCUT2D eigenvalue weighted by atomic mass is 16.3. The van der Waals surface area contributed by atoms with Gasteiger partial charge < -0.3 is 9.32 Å². The molecule has 0 atom stereocenters. The van der Waals surface area contributed by atoms with Gasteiger partial charge in [0.15, 0.2) is 0 Å². The first-order valence-corrected chi connectivity index (χ1v) is 20.6. The highest BCUT2D eigenvalue weighted by Crippen LogP contribution is 2.46. The van der Waals surface area contributed by atoms with Crippen molar-refractivity contribution in [3.05, 3.63) is 224 Å². The van der Waals surface area contributed by atoms with Gasteiger partial charge >= 0.3 is 0 Å². The second-order valence-corrected chi connectivity index (χ2v) is 15.7. The van der Waals surface area contributed by atoms with E-state index in [4.69, 9.17) is 4.42 Å². The minimum Gasteiger partial charge on any atom is -0.456 e. The van der Waals surface area contributed by atoms with Gasteiger partial charge in [-0.2, -0.15) is 0 Å². The normalized spacial score (nSPS) is 11.7. The summed E-state index contributed by atoms with van der Waals surface area (Å²) in [6.07, 6.45) is 0. The molecule has 0 fully saturated rings. The van der Waals surface area contributed by atoms with Crippen LogP contribution in [0, 0.1) is 0 Å². The Morgan fingerprint density at radius 1 is 0.283 bits per heavy atom. The number of nitrogens with zero attached hydrogens (tertiary/aromatic N) is 1. The number of hydrogen-bond donors (Lipinski definition) is 0. The lowest BCUT2D eigenvalue weighted by Gasteiger charge is -2.29. The lowest BCUT2D eigenvalue weighted by atomic mass is 9.94. The third-order valence-electron chi connectivity index (χ3n) is 12.2. The largest absolute Gasteiger partial charge is 0.456 e. The van der Waals surface area contributed by atoms with Crippen molar-refractivity contribution in [2.75, 3.05) is 4.90 Å². The van der Waals surface area contributed by atoms with Gasteiger partial charge in [0.25, 0.3) is 0 Å². The molecule has 1 aromatic heterocycles. The first-order valence-electron chi connectivity index (χ1n) is 20.6. The summed E-state index contributed by atoms with van der Waals surface area (Å²) in [5.74, 6) is 0.869. The van der Waals surface area contributed by atoms with Crippen molar-refractivity contribution >= 4 is 81.9 Å². The number of hydrogen-bond acceptors (Lipinski definition) is 2. The molecule has 280 valence electrons. The van der Waals surface area contributed by atoms with Crippen LogP contribution >= 0.6 is 0 Å². The van der Waals surface area contributed by atoms with E-state index in [1.165, 1.54) is 70.6 Å². The van der Waals surface area contributed by atoms with Gasteiger partial charge in [0.2, 0.25) is 0 Å². The molecule has 0 saturated carbocycles. The van der Waals surface area contributed by atoms with Gasteiger partial charge in [0.05, 0.1) is 11.4 Å². The summed E-state index contributed by atoms with van der Waals surface area (Å²) < 4.78 is 6.31. The van der Waals surface area contributed by atoms with Gasteiger partial charge in [-0.3, -0.25) is 0 Å². The van der Waals surface area contributed by atoms with Crippen molar-refractivity contribution in [2.45, 2.75) is 0 Å². The minimum absolute atomic E-state index is 0.869. The molecule has 0 unspecified atom stereocenters. The molecule has 1 heterocycles. The Bertz CT molecular complexity index is 3580. The Morgan fingerprint density at radius 2 is 0.867 bits per heavy atom. The number of anilines is 3. The second kappa shape index (κ2) is 13.9. The van der Waals surface area contributed by atoms with E-state index in [9.17, 15) is 0 Å². The van der Waals surface area contributed by atoms with E-state index in [0.717, 1.165) is 44.9 Å². The Labute approximate surface area is 347 Å². The monoisotopic (exact) mass is 763 g/mol. The van der Waals surface area contributed by atoms with Crippen LogP contribution in [0.15, 0.2) is 229 Å². The summed E-state index contributed by atoms with van der Waals surface area (Å²) in [6.45, 7) is 0. The Hall–Kier alpha value is -7.94. The van der Waals surface area contributed by atoms with Crippen LogP contribution in [0.5, 0.6) is 0 Å². The molecular weight excluding hydrogens is 727 g/mol. The number of furan rings is 1. The van der Waals surface area contributed by atoms with Crippen LogP contribution in [0.25, 0.3) is 98.4 Å². The number of fused-ring (bicyclic) bond motifs is 8. The van der Waals surface area contributed by atoms with Crippen LogP contribution < -0.4 is 4.90 Å². The van der Waals surface area contributed by atoms with E-state index in [1.54, 1.807) is 0 Å².